The molecule has 0 aliphatic heterocycles. The number of hydrogen-bond acceptors (Lipinski definition) is 2. The average Bonchev–Trinajstić information content (AvgIpc) is 3.21. The smallest absolute Gasteiger partial charge is 0.128 e. The van der Waals surface area contributed by atoms with Crippen molar-refractivity contribution in [1.29, 1.82) is 0 Å². The number of hydrogen-bond donors (Lipinski definition) is 1. The first-order valence-electron chi connectivity index (χ1n) is 7.38. The van der Waals surface area contributed by atoms with Crippen molar-refractivity contribution in [2.75, 3.05) is 26.7 Å². The first-order chi connectivity index (χ1) is 9.24. The minimum absolute atomic E-state index is 0.0755. The van der Waals surface area contributed by atoms with Gasteiger partial charge in [0.1, 0.15) is 5.82 Å². The summed E-state index contributed by atoms with van der Waals surface area (Å²) in [7, 11) is 1.92. The average molecular weight is 264 g/mol. The number of nitrogens with one attached hydrogen (secondary N) is 1. The number of nitrogens with zero attached hydrogens (tertiary/aromatic N) is 1. The van der Waals surface area contributed by atoms with Crippen LogP contribution in [-0.4, -0.2) is 31.6 Å². The van der Waals surface area contributed by atoms with E-state index in [-0.39, 0.29) is 11.9 Å². The van der Waals surface area contributed by atoms with E-state index in [1.165, 1.54) is 19.4 Å². The Labute approximate surface area is 116 Å². The first-order valence-corrected chi connectivity index (χ1v) is 7.38. The van der Waals surface area contributed by atoms with Gasteiger partial charge >= 0.3 is 0 Å². The Bertz CT molecular complexity index is 390. The van der Waals surface area contributed by atoms with E-state index in [0.29, 0.717) is 0 Å². The summed E-state index contributed by atoms with van der Waals surface area (Å²) in [4.78, 5) is 2.48. The summed E-state index contributed by atoms with van der Waals surface area (Å²) < 4.78 is 13.9. The Hall–Kier alpha value is -0.930. The number of benzene rings is 1. The van der Waals surface area contributed by atoms with Gasteiger partial charge in [-0.3, -0.25) is 0 Å². The van der Waals surface area contributed by atoms with Crippen molar-refractivity contribution in [2.45, 2.75) is 32.2 Å². The summed E-state index contributed by atoms with van der Waals surface area (Å²) in [6, 6.07) is 7.17. The summed E-state index contributed by atoms with van der Waals surface area (Å²) in [5.74, 6) is 0.773. The molecule has 2 rings (SSSR count). The lowest BCUT2D eigenvalue weighted by atomic mass is 10.1. The lowest BCUT2D eigenvalue weighted by Gasteiger charge is -2.27. The second-order valence-corrected chi connectivity index (χ2v) is 5.57. The molecule has 1 aliphatic rings. The second-order valence-electron chi connectivity index (χ2n) is 5.57. The maximum absolute atomic E-state index is 13.9. The molecule has 1 atom stereocenters. The van der Waals surface area contributed by atoms with E-state index < -0.39 is 0 Å². The third kappa shape index (κ3) is 4.29. The molecule has 106 valence electrons. The molecule has 3 heteroatoms. The highest BCUT2D eigenvalue weighted by atomic mass is 19.1. The van der Waals surface area contributed by atoms with Gasteiger partial charge in [-0.15, -0.1) is 0 Å². The fraction of sp³-hybridized carbons (Fsp3) is 0.625. The quantitative estimate of drug-likeness (QED) is 0.775. The highest BCUT2D eigenvalue weighted by molar-refractivity contribution is 5.21. The maximum Gasteiger partial charge on any atom is 0.128 e. The van der Waals surface area contributed by atoms with Crippen molar-refractivity contribution in [1.82, 2.24) is 10.2 Å². The molecule has 1 saturated carbocycles. The third-order valence-corrected chi connectivity index (χ3v) is 3.82. The molecule has 0 spiro atoms. The van der Waals surface area contributed by atoms with Crippen molar-refractivity contribution < 1.29 is 4.39 Å². The normalized spacial score (nSPS) is 16.8. The third-order valence-electron chi connectivity index (χ3n) is 3.82. The molecule has 0 radical (unpaired) electrons. The molecular formula is C16H25FN2. The van der Waals surface area contributed by atoms with Gasteiger partial charge in [-0.05, 0) is 44.8 Å². The van der Waals surface area contributed by atoms with Gasteiger partial charge < -0.3 is 10.2 Å². The Kier molecular flexibility index (Phi) is 5.34. The van der Waals surface area contributed by atoms with Crippen molar-refractivity contribution in [3.63, 3.8) is 0 Å². The van der Waals surface area contributed by atoms with Crippen LogP contribution in [0, 0.1) is 11.7 Å². The van der Waals surface area contributed by atoms with Gasteiger partial charge in [0.2, 0.25) is 0 Å². The van der Waals surface area contributed by atoms with Crippen molar-refractivity contribution >= 4 is 0 Å². The minimum Gasteiger partial charge on any atom is -0.312 e. The predicted octanol–water partition coefficient (Wildman–Crippen LogP) is 3.21. The predicted molar refractivity (Wildman–Crippen MR) is 77.7 cm³/mol. The van der Waals surface area contributed by atoms with Gasteiger partial charge in [-0.2, -0.15) is 0 Å². The Morgan fingerprint density at radius 1 is 1.37 bits per heavy atom. The van der Waals surface area contributed by atoms with Gasteiger partial charge in [0.25, 0.3) is 0 Å². The van der Waals surface area contributed by atoms with Crippen LogP contribution >= 0.6 is 0 Å². The summed E-state index contributed by atoms with van der Waals surface area (Å²) in [5.41, 5.74) is 0.780. The van der Waals surface area contributed by atoms with E-state index in [4.69, 9.17) is 0 Å². The monoisotopic (exact) mass is 264 g/mol. The number of likely N-dealkylation sites (N-methyl/N-ethyl adjacent to an activating group) is 1. The van der Waals surface area contributed by atoms with Crippen molar-refractivity contribution in [3.05, 3.63) is 35.6 Å². The molecule has 1 fully saturated rings. The zero-order valence-electron chi connectivity index (χ0n) is 12.0. The largest absolute Gasteiger partial charge is 0.312 e. The molecule has 1 aliphatic carbocycles. The van der Waals surface area contributed by atoms with E-state index in [2.05, 4.69) is 17.1 Å². The van der Waals surface area contributed by atoms with Crippen LogP contribution in [0.5, 0.6) is 0 Å². The first kappa shape index (κ1) is 14.5. The Morgan fingerprint density at radius 3 is 2.68 bits per heavy atom. The van der Waals surface area contributed by atoms with E-state index >= 15 is 0 Å². The zero-order chi connectivity index (χ0) is 13.7. The molecule has 1 unspecified atom stereocenters. The molecule has 0 aromatic heterocycles. The Balaban J connectivity index is 2.01. The molecule has 0 heterocycles. The summed E-state index contributed by atoms with van der Waals surface area (Å²) in [5, 5.41) is 3.26. The minimum atomic E-state index is -0.107. The van der Waals surface area contributed by atoms with Crippen LogP contribution in [0.25, 0.3) is 0 Å². The SMILES string of the molecule is CCCN(CC1CC1)CC(NC)c1ccccc1F. The van der Waals surface area contributed by atoms with Crippen LogP contribution in [0.3, 0.4) is 0 Å². The van der Waals surface area contributed by atoms with Crippen LogP contribution < -0.4 is 5.32 Å². The number of rotatable bonds is 8. The maximum atomic E-state index is 13.9. The molecule has 19 heavy (non-hydrogen) atoms. The standard InChI is InChI=1S/C16H25FN2/c1-3-10-19(11-13-8-9-13)12-16(18-2)14-6-4-5-7-15(14)17/h4-7,13,16,18H,3,8-12H2,1-2H3. The van der Waals surface area contributed by atoms with Gasteiger partial charge in [-0.25, -0.2) is 4.39 Å². The second kappa shape index (κ2) is 7.01. The Morgan fingerprint density at radius 2 is 2.11 bits per heavy atom. The summed E-state index contributed by atoms with van der Waals surface area (Å²) in [6.45, 7) is 5.36. The summed E-state index contributed by atoms with van der Waals surface area (Å²) in [6.07, 6.45) is 3.88. The van der Waals surface area contributed by atoms with Gasteiger partial charge in [-0.1, -0.05) is 25.1 Å². The highest BCUT2D eigenvalue weighted by Gasteiger charge is 2.25. The van der Waals surface area contributed by atoms with E-state index in [1.54, 1.807) is 12.1 Å². The molecule has 0 amide bonds. The zero-order valence-corrected chi connectivity index (χ0v) is 12.0. The van der Waals surface area contributed by atoms with E-state index in [0.717, 1.165) is 31.0 Å². The molecule has 2 nitrogen and oxygen atoms in total. The van der Waals surface area contributed by atoms with Crippen LogP contribution in [0.1, 0.15) is 37.8 Å². The topological polar surface area (TPSA) is 15.3 Å². The van der Waals surface area contributed by atoms with Crippen LogP contribution in [0.2, 0.25) is 0 Å². The van der Waals surface area contributed by atoms with Gasteiger partial charge in [0.15, 0.2) is 0 Å². The molecule has 1 aromatic carbocycles. The fourth-order valence-electron chi connectivity index (χ4n) is 2.60. The lowest BCUT2D eigenvalue weighted by molar-refractivity contribution is 0.235. The molecule has 0 saturated heterocycles. The fourth-order valence-corrected chi connectivity index (χ4v) is 2.60. The summed E-state index contributed by atoms with van der Waals surface area (Å²) >= 11 is 0. The molecular weight excluding hydrogens is 239 g/mol. The molecule has 0 bridgehead atoms. The molecule has 1 N–H and O–H groups in total. The van der Waals surface area contributed by atoms with E-state index in [1.807, 2.05) is 19.2 Å². The van der Waals surface area contributed by atoms with Crippen molar-refractivity contribution in [2.24, 2.45) is 5.92 Å². The van der Waals surface area contributed by atoms with Crippen molar-refractivity contribution in [3.8, 4) is 0 Å². The lowest BCUT2D eigenvalue weighted by Crippen LogP contribution is -2.36. The van der Waals surface area contributed by atoms with Crippen LogP contribution in [-0.2, 0) is 0 Å². The highest BCUT2D eigenvalue weighted by Crippen LogP contribution is 2.30. The van der Waals surface area contributed by atoms with Gasteiger partial charge in [0, 0.05) is 24.7 Å². The van der Waals surface area contributed by atoms with Crippen LogP contribution in [0.4, 0.5) is 4.39 Å². The number of halogens is 1. The van der Waals surface area contributed by atoms with E-state index in [9.17, 15) is 4.39 Å². The van der Waals surface area contributed by atoms with Gasteiger partial charge in [0.05, 0.1) is 0 Å². The van der Waals surface area contributed by atoms with Crippen LogP contribution in [0.15, 0.2) is 24.3 Å². The molecule has 1 aromatic rings.